The van der Waals surface area contributed by atoms with E-state index in [4.69, 9.17) is 5.11 Å². The SMILES string of the molecule is C=CCOC(=O)NCC(=O)NC(CC(C)C)C(=O)O. The van der Waals surface area contributed by atoms with Crippen molar-refractivity contribution < 1.29 is 24.2 Å². The van der Waals surface area contributed by atoms with Gasteiger partial charge in [-0.1, -0.05) is 26.5 Å². The average Bonchev–Trinajstić information content (AvgIpc) is 2.32. The van der Waals surface area contributed by atoms with Gasteiger partial charge in [-0.25, -0.2) is 9.59 Å². The highest BCUT2D eigenvalue weighted by molar-refractivity contribution is 5.86. The van der Waals surface area contributed by atoms with Gasteiger partial charge in [-0.15, -0.1) is 0 Å². The molecule has 0 fully saturated rings. The van der Waals surface area contributed by atoms with Gasteiger partial charge in [0, 0.05) is 0 Å². The molecule has 0 heterocycles. The molecule has 1 unspecified atom stereocenters. The third kappa shape index (κ3) is 8.64. The number of hydrogen-bond acceptors (Lipinski definition) is 4. The highest BCUT2D eigenvalue weighted by atomic mass is 16.5. The number of carboxylic acid groups (broad SMARTS) is 1. The van der Waals surface area contributed by atoms with Crippen LogP contribution in [0.15, 0.2) is 12.7 Å². The van der Waals surface area contributed by atoms with Gasteiger partial charge in [0.1, 0.15) is 19.2 Å². The van der Waals surface area contributed by atoms with E-state index in [0.717, 1.165) is 0 Å². The number of ether oxygens (including phenoxy) is 1. The molecule has 0 aromatic rings. The first-order chi connectivity index (χ1) is 8.86. The van der Waals surface area contributed by atoms with Crippen molar-refractivity contribution in [2.45, 2.75) is 26.3 Å². The Kier molecular flexibility index (Phi) is 7.99. The second kappa shape index (κ2) is 8.96. The molecule has 0 aliphatic heterocycles. The van der Waals surface area contributed by atoms with Gasteiger partial charge in [0.25, 0.3) is 0 Å². The average molecular weight is 272 g/mol. The van der Waals surface area contributed by atoms with E-state index in [0.29, 0.717) is 6.42 Å². The zero-order valence-electron chi connectivity index (χ0n) is 11.1. The van der Waals surface area contributed by atoms with Crippen LogP contribution in [0.1, 0.15) is 20.3 Å². The van der Waals surface area contributed by atoms with E-state index < -0.39 is 24.0 Å². The number of rotatable bonds is 8. The lowest BCUT2D eigenvalue weighted by Gasteiger charge is -2.16. The highest BCUT2D eigenvalue weighted by Gasteiger charge is 2.21. The Morgan fingerprint density at radius 3 is 2.47 bits per heavy atom. The zero-order valence-corrected chi connectivity index (χ0v) is 11.1. The summed E-state index contributed by atoms with van der Waals surface area (Å²) in [4.78, 5) is 33.4. The summed E-state index contributed by atoms with van der Waals surface area (Å²) < 4.78 is 4.59. The summed E-state index contributed by atoms with van der Waals surface area (Å²) >= 11 is 0. The van der Waals surface area contributed by atoms with Crippen molar-refractivity contribution in [2.24, 2.45) is 5.92 Å². The number of aliphatic carboxylic acids is 1. The minimum atomic E-state index is -1.10. The summed E-state index contributed by atoms with van der Waals surface area (Å²) in [5, 5.41) is 13.5. The smallest absolute Gasteiger partial charge is 0.407 e. The third-order valence-electron chi connectivity index (χ3n) is 2.07. The fourth-order valence-electron chi connectivity index (χ4n) is 1.28. The predicted octanol–water partition coefficient (Wildman–Crippen LogP) is 0.514. The third-order valence-corrected chi connectivity index (χ3v) is 2.07. The Bertz CT molecular complexity index is 341. The summed E-state index contributed by atoms with van der Waals surface area (Å²) in [5.74, 6) is -1.55. The quantitative estimate of drug-likeness (QED) is 0.558. The molecule has 0 saturated carbocycles. The van der Waals surface area contributed by atoms with Gasteiger partial charge in [0.05, 0.1) is 0 Å². The molecule has 0 aromatic carbocycles. The number of carboxylic acids is 1. The molecule has 2 amide bonds. The molecular formula is C12H20N2O5. The molecular weight excluding hydrogens is 252 g/mol. The molecule has 1 atom stereocenters. The molecule has 108 valence electrons. The van der Waals surface area contributed by atoms with Gasteiger partial charge in [-0.3, -0.25) is 4.79 Å². The van der Waals surface area contributed by atoms with E-state index >= 15 is 0 Å². The molecule has 0 radical (unpaired) electrons. The van der Waals surface area contributed by atoms with Crippen molar-refractivity contribution >= 4 is 18.0 Å². The molecule has 0 saturated heterocycles. The van der Waals surface area contributed by atoms with E-state index in [1.807, 2.05) is 13.8 Å². The van der Waals surface area contributed by atoms with Crippen molar-refractivity contribution in [1.82, 2.24) is 10.6 Å². The van der Waals surface area contributed by atoms with Crippen LogP contribution in [0, 0.1) is 5.92 Å². The largest absolute Gasteiger partial charge is 0.480 e. The van der Waals surface area contributed by atoms with Crippen LogP contribution in [0.4, 0.5) is 4.79 Å². The number of carbonyl (C=O) groups excluding carboxylic acids is 2. The van der Waals surface area contributed by atoms with E-state index in [9.17, 15) is 14.4 Å². The summed E-state index contributed by atoms with van der Waals surface area (Å²) in [7, 11) is 0. The first kappa shape index (κ1) is 16.9. The topological polar surface area (TPSA) is 105 Å². The maximum Gasteiger partial charge on any atom is 0.407 e. The summed E-state index contributed by atoms with van der Waals surface area (Å²) in [6.07, 6.45) is 0.954. The first-order valence-corrected chi connectivity index (χ1v) is 5.90. The zero-order chi connectivity index (χ0) is 14.8. The fraction of sp³-hybridized carbons (Fsp3) is 0.583. The highest BCUT2D eigenvalue weighted by Crippen LogP contribution is 2.04. The molecule has 0 aliphatic rings. The van der Waals surface area contributed by atoms with E-state index in [-0.39, 0.29) is 19.1 Å². The van der Waals surface area contributed by atoms with E-state index in [1.165, 1.54) is 6.08 Å². The molecule has 0 aromatic heterocycles. The molecule has 0 spiro atoms. The molecule has 0 aliphatic carbocycles. The fourth-order valence-corrected chi connectivity index (χ4v) is 1.28. The van der Waals surface area contributed by atoms with Crippen molar-refractivity contribution in [3.05, 3.63) is 12.7 Å². The van der Waals surface area contributed by atoms with Gasteiger partial charge >= 0.3 is 12.1 Å². The standard InChI is InChI=1S/C12H20N2O5/c1-4-5-19-12(18)13-7-10(15)14-9(11(16)17)6-8(2)3/h4,8-9H,1,5-7H2,2-3H3,(H,13,18)(H,14,15)(H,16,17). The van der Waals surface area contributed by atoms with Crippen LogP contribution in [0.25, 0.3) is 0 Å². The summed E-state index contributed by atoms with van der Waals surface area (Å²) in [5.41, 5.74) is 0. The lowest BCUT2D eigenvalue weighted by atomic mass is 10.0. The van der Waals surface area contributed by atoms with Gasteiger partial charge in [0.15, 0.2) is 0 Å². The maximum atomic E-state index is 11.5. The van der Waals surface area contributed by atoms with E-state index in [1.54, 1.807) is 0 Å². The van der Waals surface area contributed by atoms with E-state index in [2.05, 4.69) is 21.9 Å². The molecule has 7 nitrogen and oxygen atoms in total. The normalized spacial score (nSPS) is 11.5. The molecule has 19 heavy (non-hydrogen) atoms. The molecule has 7 heteroatoms. The van der Waals surface area contributed by atoms with Gasteiger partial charge in [-0.2, -0.15) is 0 Å². The Morgan fingerprint density at radius 1 is 1.37 bits per heavy atom. The van der Waals surface area contributed by atoms with Crippen LogP contribution in [0.5, 0.6) is 0 Å². The first-order valence-electron chi connectivity index (χ1n) is 5.90. The van der Waals surface area contributed by atoms with Crippen molar-refractivity contribution in [3.8, 4) is 0 Å². The lowest BCUT2D eigenvalue weighted by Crippen LogP contribution is -2.46. The number of carbonyl (C=O) groups is 3. The lowest BCUT2D eigenvalue weighted by molar-refractivity contribution is -0.142. The number of amides is 2. The minimum absolute atomic E-state index is 0.0402. The van der Waals surface area contributed by atoms with Crippen LogP contribution < -0.4 is 10.6 Å². The Hall–Kier alpha value is -2.05. The van der Waals surface area contributed by atoms with Crippen LogP contribution in [0.2, 0.25) is 0 Å². The molecule has 0 rings (SSSR count). The second-order valence-electron chi connectivity index (χ2n) is 4.33. The van der Waals surface area contributed by atoms with Gasteiger partial charge < -0.3 is 20.5 Å². The Morgan fingerprint density at radius 2 is 2.00 bits per heavy atom. The van der Waals surface area contributed by atoms with Crippen LogP contribution in [-0.2, 0) is 14.3 Å². The molecule has 0 bridgehead atoms. The monoisotopic (exact) mass is 272 g/mol. The number of nitrogens with one attached hydrogen (secondary N) is 2. The Labute approximate surface area is 112 Å². The minimum Gasteiger partial charge on any atom is -0.480 e. The van der Waals surface area contributed by atoms with Crippen molar-refractivity contribution in [3.63, 3.8) is 0 Å². The van der Waals surface area contributed by atoms with Gasteiger partial charge in [-0.05, 0) is 12.3 Å². The second-order valence-corrected chi connectivity index (χ2v) is 4.33. The van der Waals surface area contributed by atoms with Crippen LogP contribution >= 0.6 is 0 Å². The predicted molar refractivity (Wildman–Crippen MR) is 68.6 cm³/mol. The summed E-state index contributed by atoms with van der Waals surface area (Å²) in [6, 6.07) is -0.960. The number of alkyl carbamates (subject to hydrolysis) is 1. The summed E-state index contributed by atoms with van der Waals surface area (Å²) in [6.45, 7) is 6.78. The number of hydrogen-bond donors (Lipinski definition) is 3. The van der Waals surface area contributed by atoms with Crippen LogP contribution in [-0.4, -0.2) is 42.3 Å². The maximum absolute atomic E-state index is 11.5. The van der Waals surface area contributed by atoms with Crippen LogP contribution in [0.3, 0.4) is 0 Å². The van der Waals surface area contributed by atoms with Gasteiger partial charge in [0.2, 0.25) is 5.91 Å². The van der Waals surface area contributed by atoms with Crippen molar-refractivity contribution in [1.29, 1.82) is 0 Å². The Balaban J connectivity index is 4.09. The molecule has 3 N–H and O–H groups in total. The van der Waals surface area contributed by atoms with Crippen molar-refractivity contribution in [2.75, 3.05) is 13.2 Å².